The molecule has 0 aromatic heterocycles. The number of sulfone groups is 1. The van der Waals surface area contributed by atoms with Crippen molar-refractivity contribution < 1.29 is 16.8 Å². The third-order valence-electron chi connectivity index (χ3n) is 4.42. The fraction of sp³-hybridized carbons (Fsp3) is 1.00. The topological polar surface area (TPSA) is 106 Å². The largest absolute Gasteiger partial charge is 0.329 e. The van der Waals surface area contributed by atoms with E-state index in [1.807, 2.05) is 0 Å². The normalized spacial score (nSPS) is 29.4. The Morgan fingerprint density at radius 3 is 2.30 bits per heavy atom. The van der Waals surface area contributed by atoms with Crippen LogP contribution in [0.4, 0.5) is 0 Å². The van der Waals surface area contributed by atoms with Crippen molar-refractivity contribution in [3.05, 3.63) is 0 Å². The highest BCUT2D eigenvalue weighted by atomic mass is 32.2. The van der Waals surface area contributed by atoms with E-state index < -0.39 is 25.1 Å². The van der Waals surface area contributed by atoms with Gasteiger partial charge in [0, 0.05) is 12.6 Å². The number of sulfonamides is 1. The first kappa shape index (κ1) is 16.2. The smallest absolute Gasteiger partial charge is 0.215 e. The van der Waals surface area contributed by atoms with Crippen LogP contribution in [0.1, 0.15) is 38.5 Å². The third kappa shape index (κ3) is 3.93. The molecule has 1 aliphatic carbocycles. The van der Waals surface area contributed by atoms with Crippen LogP contribution in [0.5, 0.6) is 0 Å². The van der Waals surface area contributed by atoms with Gasteiger partial charge in [-0.1, -0.05) is 19.3 Å². The van der Waals surface area contributed by atoms with Gasteiger partial charge in [-0.3, -0.25) is 0 Å². The zero-order valence-electron chi connectivity index (χ0n) is 11.6. The molecule has 3 N–H and O–H groups in total. The van der Waals surface area contributed by atoms with Crippen LogP contribution < -0.4 is 10.5 Å². The summed E-state index contributed by atoms with van der Waals surface area (Å²) in [6, 6.07) is -0.261. The molecule has 8 heteroatoms. The molecule has 6 nitrogen and oxygen atoms in total. The maximum absolute atomic E-state index is 12.3. The van der Waals surface area contributed by atoms with E-state index in [9.17, 15) is 16.8 Å². The van der Waals surface area contributed by atoms with Crippen molar-refractivity contribution in [2.75, 3.05) is 18.1 Å². The lowest BCUT2D eigenvalue weighted by Gasteiger charge is -2.30. The summed E-state index contributed by atoms with van der Waals surface area (Å²) in [5.41, 5.74) is 5.72. The van der Waals surface area contributed by atoms with Gasteiger partial charge in [0.15, 0.2) is 9.84 Å². The molecule has 2 fully saturated rings. The fourth-order valence-electron chi connectivity index (χ4n) is 3.19. The van der Waals surface area contributed by atoms with Gasteiger partial charge in [0.1, 0.15) is 0 Å². The lowest BCUT2D eigenvalue weighted by atomic mass is 9.84. The molecule has 1 saturated heterocycles. The van der Waals surface area contributed by atoms with Crippen molar-refractivity contribution in [2.45, 2.75) is 49.8 Å². The summed E-state index contributed by atoms with van der Waals surface area (Å²) >= 11 is 0. The second-order valence-electron chi connectivity index (χ2n) is 5.93. The molecule has 118 valence electrons. The Bertz CT molecular complexity index is 524. The molecule has 2 unspecified atom stereocenters. The van der Waals surface area contributed by atoms with Crippen molar-refractivity contribution in [1.82, 2.24) is 4.72 Å². The first-order valence-corrected chi connectivity index (χ1v) is 10.6. The van der Waals surface area contributed by atoms with E-state index in [2.05, 4.69) is 4.72 Å². The van der Waals surface area contributed by atoms with Gasteiger partial charge in [-0.05, 0) is 25.2 Å². The first-order valence-electron chi connectivity index (χ1n) is 7.26. The summed E-state index contributed by atoms with van der Waals surface area (Å²) in [5, 5.41) is -0.815. The van der Waals surface area contributed by atoms with E-state index in [1.54, 1.807) is 0 Å². The van der Waals surface area contributed by atoms with Crippen LogP contribution in [0.15, 0.2) is 0 Å². The first-order chi connectivity index (χ1) is 9.34. The van der Waals surface area contributed by atoms with Crippen LogP contribution in [-0.4, -0.2) is 46.2 Å². The van der Waals surface area contributed by atoms with E-state index in [1.165, 1.54) is 6.42 Å². The van der Waals surface area contributed by atoms with Crippen molar-refractivity contribution in [2.24, 2.45) is 11.7 Å². The lowest BCUT2D eigenvalue weighted by Crippen LogP contribution is -2.49. The van der Waals surface area contributed by atoms with Crippen LogP contribution in [-0.2, 0) is 19.9 Å². The van der Waals surface area contributed by atoms with Crippen LogP contribution in [0.2, 0.25) is 0 Å². The van der Waals surface area contributed by atoms with E-state index in [0.29, 0.717) is 0 Å². The van der Waals surface area contributed by atoms with Crippen molar-refractivity contribution in [3.63, 3.8) is 0 Å². The summed E-state index contributed by atoms with van der Waals surface area (Å²) in [6.07, 6.45) is 5.60. The van der Waals surface area contributed by atoms with Crippen molar-refractivity contribution in [1.29, 1.82) is 0 Å². The third-order valence-corrected chi connectivity index (χ3v) is 8.31. The zero-order chi connectivity index (χ0) is 14.8. The van der Waals surface area contributed by atoms with E-state index in [4.69, 9.17) is 5.73 Å². The lowest BCUT2D eigenvalue weighted by molar-refractivity contribution is 0.293. The highest BCUT2D eigenvalue weighted by Crippen LogP contribution is 2.27. The molecule has 0 bridgehead atoms. The second-order valence-corrected chi connectivity index (χ2v) is 10.1. The summed E-state index contributed by atoms with van der Waals surface area (Å²) < 4.78 is 50.1. The van der Waals surface area contributed by atoms with Gasteiger partial charge in [-0.2, -0.15) is 0 Å². The second kappa shape index (κ2) is 6.29. The van der Waals surface area contributed by atoms with Gasteiger partial charge in [0.25, 0.3) is 0 Å². The molecule has 2 rings (SSSR count). The zero-order valence-corrected chi connectivity index (χ0v) is 13.3. The molecular weight excluding hydrogens is 300 g/mol. The minimum atomic E-state index is -3.60. The summed E-state index contributed by atoms with van der Waals surface area (Å²) in [5.74, 6) is -0.0129. The predicted molar refractivity (Wildman–Crippen MR) is 78.5 cm³/mol. The molecule has 0 aromatic rings. The Balaban J connectivity index is 2.02. The molecule has 0 aromatic carbocycles. The van der Waals surface area contributed by atoms with E-state index in [-0.39, 0.29) is 36.4 Å². The minimum Gasteiger partial charge on any atom is -0.329 e. The number of nitrogens with two attached hydrogens (primary N) is 1. The quantitative estimate of drug-likeness (QED) is 0.740. The Labute approximate surface area is 121 Å². The fourth-order valence-corrected chi connectivity index (χ4v) is 7.55. The molecular formula is C12H24N2O4S2. The van der Waals surface area contributed by atoms with Crippen LogP contribution >= 0.6 is 0 Å². The molecule has 1 aliphatic heterocycles. The SMILES string of the molecule is NCC(NS(=O)(=O)C1CCS(=O)(=O)C1)C1CCCCC1. The van der Waals surface area contributed by atoms with E-state index >= 15 is 0 Å². The van der Waals surface area contributed by atoms with Crippen LogP contribution in [0, 0.1) is 5.92 Å². The molecule has 0 radical (unpaired) electrons. The van der Waals surface area contributed by atoms with Crippen molar-refractivity contribution in [3.8, 4) is 0 Å². The highest BCUT2D eigenvalue weighted by molar-refractivity contribution is 7.95. The van der Waals surface area contributed by atoms with Crippen molar-refractivity contribution >= 4 is 19.9 Å². The molecule has 2 aliphatic rings. The average Bonchev–Trinajstić information content (AvgIpc) is 2.78. The van der Waals surface area contributed by atoms with Gasteiger partial charge < -0.3 is 5.73 Å². The Kier molecular flexibility index (Phi) is 5.09. The standard InChI is InChI=1S/C12H24N2O4S2/c13-8-12(10-4-2-1-3-5-10)14-20(17,18)11-6-7-19(15,16)9-11/h10-12,14H,1-9,13H2. The number of hydrogen-bond acceptors (Lipinski definition) is 5. The molecule has 20 heavy (non-hydrogen) atoms. The minimum absolute atomic E-state index is 0.0324. The number of nitrogens with one attached hydrogen (secondary N) is 1. The van der Waals surface area contributed by atoms with Gasteiger partial charge in [0.05, 0.1) is 16.8 Å². The Hall–Kier alpha value is -0.180. The monoisotopic (exact) mass is 324 g/mol. The molecule has 2 atom stereocenters. The van der Waals surface area contributed by atoms with Gasteiger partial charge in [0.2, 0.25) is 10.0 Å². The Morgan fingerprint density at radius 1 is 1.15 bits per heavy atom. The van der Waals surface area contributed by atoms with E-state index in [0.717, 1.165) is 25.7 Å². The maximum Gasteiger partial charge on any atom is 0.215 e. The van der Waals surface area contributed by atoms with Gasteiger partial charge in [-0.25, -0.2) is 21.6 Å². The summed E-state index contributed by atoms with van der Waals surface area (Å²) in [4.78, 5) is 0. The van der Waals surface area contributed by atoms with Crippen LogP contribution in [0.3, 0.4) is 0 Å². The molecule has 0 amide bonds. The average molecular weight is 324 g/mol. The Morgan fingerprint density at radius 2 is 1.80 bits per heavy atom. The predicted octanol–water partition coefficient (Wildman–Crippen LogP) is 0.000500. The summed E-state index contributed by atoms with van der Waals surface area (Å²) in [7, 11) is -6.80. The number of hydrogen-bond donors (Lipinski definition) is 2. The van der Waals surface area contributed by atoms with Crippen LogP contribution in [0.25, 0.3) is 0 Å². The molecule has 0 spiro atoms. The molecule has 1 saturated carbocycles. The number of rotatable bonds is 5. The van der Waals surface area contributed by atoms with Gasteiger partial charge in [-0.15, -0.1) is 0 Å². The highest BCUT2D eigenvalue weighted by Gasteiger charge is 2.39. The summed E-state index contributed by atoms with van der Waals surface area (Å²) in [6.45, 7) is 0.267. The van der Waals surface area contributed by atoms with Gasteiger partial charge >= 0.3 is 0 Å². The molecule has 1 heterocycles. The maximum atomic E-state index is 12.3.